The first-order chi connectivity index (χ1) is 10.8. The van der Waals surface area contributed by atoms with Crippen LogP contribution >= 0.6 is 0 Å². The predicted octanol–water partition coefficient (Wildman–Crippen LogP) is 2.04. The summed E-state index contributed by atoms with van der Waals surface area (Å²) < 4.78 is 5.41. The van der Waals surface area contributed by atoms with Gasteiger partial charge in [-0.05, 0) is 57.8 Å². The Hall–Kier alpha value is -1.46. The van der Waals surface area contributed by atoms with Gasteiger partial charge in [0.15, 0.2) is 5.96 Å². The summed E-state index contributed by atoms with van der Waals surface area (Å²) in [6.45, 7) is 9.28. The second kappa shape index (κ2) is 5.87. The van der Waals surface area contributed by atoms with Gasteiger partial charge in [0.1, 0.15) is 5.60 Å². The van der Waals surface area contributed by atoms with Crippen molar-refractivity contribution in [1.29, 1.82) is 0 Å². The summed E-state index contributed by atoms with van der Waals surface area (Å²) in [4.78, 5) is 20.6. The second-order valence-corrected chi connectivity index (χ2v) is 8.27. The van der Waals surface area contributed by atoms with Crippen LogP contribution in [0.3, 0.4) is 0 Å². The lowest BCUT2D eigenvalue weighted by molar-refractivity contribution is 0.0186. The van der Waals surface area contributed by atoms with Crippen molar-refractivity contribution in [2.75, 3.05) is 32.7 Å². The van der Waals surface area contributed by atoms with Crippen molar-refractivity contribution >= 4 is 12.1 Å². The number of carbonyl (C=O) groups is 1. The minimum absolute atomic E-state index is 0.238. The van der Waals surface area contributed by atoms with Crippen LogP contribution in [0.5, 0.6) is 0 Å². The Morgan fingerprint density at radius 3 is 2.22 bits per heavy atom. The molecule has 0 bridgehead atoms. The van der Waals surface area contributed by atoms with Crippen molar-refractivity contribution in [1.82, 2.24) is 9.80 Å². The van der Waals surface area contributed by atoms with E-state index in [4.69, 9.17) is 10.5 Å². The minimum atomic E-state index is -0.448. The minimum Gasteiger partial charge on any atom is -0.444 e. The molecule has 1 amide bonds. The van der Waals surface area contributed by atoms with E-state index in [1.54, 1.807) is 4.90 Å². The van der Waals surface area contributed by atoms with Gasteiger partial charge in [0.05, 0.1) is 0 Å². The van der Waals surface area contributed by atoms with E-state index < -0.39 is 5.60 Å². The lowest BCUT2D eigenvalue weighted by atomic mass is 10.0. The Bertz CT molecular complexity index is 481. The average Bonchev–Trinajstić information content (AvgIpc) is 3.36. The van der Waals surface area contributed by atoms with E-state index >= 15 is 0 Å². The largest absolute Gasteiger partial charge is 0.444 e. The number of hydrogen-bond donors (Lipinski definition) is 1. The van der Waals surface area contributed by atoms with Crippen molar-refractivity contribution in [2.45, 2.75) is 52.1 Å². The van der Waals surface area contributed by atoms with E-state index in [1.165, 1.54) is 25.7 Å². The molecule has 0 aromatic rings. The normalized spacial score (nSPS) is 24.6. The summed E-state index contributed by atoms with van der Waals surface area (Å²) in [6, 6.07) is 0. The molecule has 6 nitrogen and oxygen atoms in total. The molecule has 3 rings (SSSR count). The third-order valence-electron chi connectivity index (χ3n) is 5.15. The van der Waals surface area contributed by atoms with Gasteiger partial charge in [-0.15, -0.1) is 0 Å². The first-order valence-electron chi connectivity index (χ1n) is 8.82. The van der Waals surface area contributed by atoms with Crippen molar-refractivity contribution in [2.24, 2.45) is 22.1 Å². The Morgan fingerprint density at radius 1 is 1.17 bits per heavy atom. The van der Waals surface area contributed by atoms with Gasteiger partial charge in [-0.1, -0.05) is 0 Å². The zero-order valence-corrected chi connectivity index (χ0v) is 14.7. The zero-order valence-electron chi connectivity index (χ0n) is 14.7. The first-order valence-corrected chi connectivity index (χ1v) is 8.82. The summed E-state index contributed by atoms with van der Waals surface area (Å²) in [5.41, 5.74) is 6.21. The van der Waals surface area contributed by atoms with Crippen LogP contribution in [0.2, 0.25) is 0 Å². The topological polar surface area (TPSA) is 71.2 Å². The maximum Gasteiger partial charge on any atom is 0.410 e. The van der Waals surface area contributed by atoms with Crippen LogP contribution in [0.1, 0.15) is 46.5 Å². The fraction of sp³-hybridized carbons (Fsp3) is 0.882. The number of guanidine groups is 1. The molecule has 2 saturated carbocycles. The van der Waals surface area contributed by atoms with Crippen molar-refractivity contribution in [3.63, 3.8) is 0 Å². The highest BCUT2D eigenvalue weighted by atomic mass is 16.6. The Kier molecular flexibility index (Phi) is 4.19. The molecule has 130 valence electrons. The lowest BCUT2D eigenvalue weighted by Crippen LogP contribution is -2.53. The van der Waals surface area contributed by atoms with Gasteiger partial charge in [-0.25, -0.2) is 4.79 Å². The van der Waals surface area contributed by atoms with Crippen LogP contribution in [-0.4, -0.2) is 60.2 Å². The molecule has 23 heavy (non-hydrogen) atoms. The monoisotopic (exact) mass is 322 g/mol. The van der Waals surface area contributed by atoms with Crippen LogP contribution in [0.25, 0.3) is 0 Å². The van der Waals surface area contributed by atoms with E-state index in [0.29, 0.717) is 24.5 Å². The Labute approximate surface area is 139 Å². The molecule has 2 aliphatic carbocycles. The van der Waals surface area contributed by atoms with E-state index in [0.717, 1.165) is 25.6 Å². The molecule has 1 saturated heterocycles. The SMILES string of the molecule is CC(C)(C)OC(=O)N1CCN(C(N)=NCC2(C3CC3)CC2)CC1. The fourth-order valence-electron chi connectivity index (χ4n) is 3.33. The number of nitrogens with zero attached hydrogens (tertiary/aromatic N) is 3. The molecule has 1 aliphatic heterocycles. The first kappa shape index (κ1) is 16.4. The van der Waals surface area contributed by atoms with E-state index in [1.807, 2.05) is 20.8 Å². The van der Waals surface area contributed by atoms with Gasteiger partial charge < -0.3 is 20.3 Å². The predicted molar refractivity (Wildman–Crippen MR) is 90.3 cm³/mol. The van der Waals surface area contributed by atoms with Crippen molar-refractivity contribution in [3.05, 3.63) is 0 Å². The molecular formula is C17H30N4O2. The van der Waals surface area contributed by atoms with Gasteiger partial charge in [0.2, 0.25) is 0 Å². The van der Waals surface area contributed by atoms with Gasteiger partial charge in [0.25, 0.3) is 0 Å². The highest BCUT2D eigenvalue weighted by Crippen LogP contribution is 2.61. The summed E-state index contributed by atoms with van der Waals surface area (Å²) >= 11 is 0. The number of aliphatic imine (C=N–C) groups is 1. The third-order valence-corrected chi connectivity index (χ3v) is 5.15. The summed E-state index contributed by atoms with van der Waals surface area (Å²) in [7, 11) is 0. The molecular weight excluding hydrogens is 292 g/mol. The number of carbonyl (C=O) groups excluding carboxylic acids is 1. The van der Waals surface area contributed by atoms with Crippen LogP contribution in [0.15, 0.2) is 4.99 Å². The van der Waals surface area contributed by atoms with Crippen LogP contribution in [0.4, 0.5) is 4.79 Å². The molecule has 0 atom stereocenters. The Morgan fingerprint density at radius 2 is 1.74 bits per heavy atom. The fourth-order valence-corrected chi connectivity index (χ4v) is 3.33. The maximum absolute atomic E-state index is 12.1. The summed E-state index contributed by atoms with van der Waals surface area (Å²) in [5, 5.41) is 0. The molecule has 0 aromatic heterocycles. The Balaban J connectivity index is 1.45. The smallest absolute Gasteiger partial charge is 0.410 e. The second-order valence-electron chi connectivity index (χ2n) is 8.27. The van der Waals surface area contributed by atoms with Gasteiger partial charge >= 0.3 is 6.09 Å². The molecule has 3 aliphatic rings. The highest BCUT2D eigenvalue weighted by molar-refractivity contribution is 5.78. The number of nitrogens with two attached hydrogens (primary N) is 1. The van der Waals surface area contributed by atoms with Gasteiger partial charge in [-0.2, -0.15) is 0 Å². The van der Waals surface area contributed by atoms with Crippen molar-refractivity contribution < 1.29 is 9.53 Å². The van der Waals surface area contributed by atoms with Gasteiger partial charge in [-0.3, -0.25) is 4.99 Å². The molecule has 1 heterocycles. The molecule has 3 fully saturated rings. The van der Waals surface area contributed by atoms with E-state index in [-0.39, 0.29) is 6.09 Å². The van der Waals surface area contributed by atoms with Crippen LogP contribution in [0, 0.1) is 11.3 Å². The third kappa shape index (κ3) is 4.09. The average molecular weight is 322 g/mol. The number of rotatable bonds is 3. The standard InChI is InChI=1S/C17H30N4O2/c1-16(2,3)23-15(22)21-10-8-20(9-11-21)14(18)19-12-17(6-7-17)13-4-5-13/h13H,4-12H2,1-3H3,(H2,18,19). The molecule has 0 spiro atoms. The van der Waals surface area contributed by atoms with Crippen molar-refractivity contribution in [3.8, 4) is 0 Å². The number of hydrogen-bond acceptors (Lipinski definition) is 3. The van der Waals surface area contributed by atoms with Crippen LogP contribution in [-0.2, 0) is 4.74 Å². The number of ether oxygens (including phenoxy) is 1. The molecule has 0 aromatic carbocycles. The lowest BCUT2D eigenvalue weighted by Gasteiger charge is -2.36. The maximum atomic E-state index is 12.1. The molecule has 0 unspecified atom stereocenters. The molecule has 0 radical (unpaired) electrons. The molecule has 6 heteroatoms. The zero-order chi connectivity index (χ0) is 16.7. The van der Waals surface area contributed by atoms with Gasteiger partial charge in [0, 0.05) is 32.7 Å². The highest BCUT2D eigenvalue weighted by Gasteiger charge is 2.53. The van der Waals surface area contributed by atoms with E-state index in [2.05, 4.69) is 9.89 Å². The number of amides is 1. The summed E-state index contributed by atoms with van der Waals surface area (Å²) in [5.74, 6) is 1.55. The van der Waals surface area contributed by atoms with E-state index in [9.17, 15) is 4.79 Å². The number of piperazine rings is 1. The quantitative estimate of drug-likeness (QED) is 0.637. The van der Waals surface area contributed by atoms with Crippen LogP contribution < -0.4 is 5.73 Å². The summed E-state index contributed by atoms with van der Waals surface area (Å²) in [6.07, 6.45) is 5.16. The molecule has 2 N–H and O–H groups in total.